The van der Waals surface area contributed by atoms with Gasteiger partial charge in [0.25, 0.3) is 0 Å². The zero-order valence-electron chi connectivity index (χ0n) is 26.9. The molecular weight excluding hydrogens is 597 g/mol. The molecule has 0 spiro atoms. The van der Waals surface area contributed by atoms with Crippen molar-refractivity contribution in [3.63, 3.8) is 0 Å². The maximum Gasteiger partial charge on any atom is 0.332 e. The van der Waals surface area contributed by atoms with E-state index in [9.17, 15) is 4.79 Å². The molecule has 0 N–H and O–H groups in total. The van der Waals surface area contributed by atoms with Crippen LogP contribution in [-0.4, -0.2) is 64.6 Å². The van der Waals surface area contributed by atoms with E-state index in [0.717, 1.165) is 54.3 Å². The molecule has 8 nitrogen and oxygen atoms in total. The van der Waals surface area contributed by atoms with Gasteiger partial charge in [-0.2, -0.15) is 0 Å². The molecule has 0 saturated carbocycles. The van der Waals surface area contributed by atoms with Crippen molar-refractivity contribution in [1.82, 2.24) is 19.0 Å². The number of piperazine rings is 1. The topological polar surface area (TPSA) is 64.8 Å². The third-order valence-corrected chi connectivity index (χ3v) is 8.16. The van der Waals surface area contributed by atoms with Crippen molar-refractivity contribution in [1.29, 1.82) is 0 Å². The third-order valence-electron chi connectivity index (χ3n) is 7.64. The first kappa shape index (κ1) is 33.6. The van der Waals surface area contributed by atoms with E-state index in [1.807, 2.05) is 57.2 Å². The molecule has 1 aliphatic rings. The number of hydrogen-bond donors (Lipinski definition) is 0. The Morgan fingerprint density at radius 1 is 0.932 bits per heavy atom. The first-order chi connectivity index (χ1) is 21.0. The lowest BCUT2D eigenvalue weighted by Gasteiger charge is -2.43. The van der Waals surface area contributed by atoms with Crippen LogP contribution in [0.25, 0.3) is 28.1 Å². The molecule has 1 fully saturated rings. The number of ether oxygens (including phenoxy) is 2. The highest BCUT2D eigenvalue weighted by Crippen LogP contribution is 2.41. The van der Waals surface area contributed by atoms with Crippen molar-refractivity contribution < 1.29 is 9.47 Å². The number of anilines is 1. The van der Waals surface area contributed by atoms with Crippen molar-refractivity contribution in [3.05, 3.63) is 81.1 Å². The molecule has 10 heteroatoms. The Morgan fingerprint density at radius 3 is 2.23 bits per heavy atom. The highest BCUT2D eigenvalue weighted by molar-refractivity contribution is 6.32. The average molecular weight is 641 g/mol. The fraction of sp³-hybridized carbons (Fsp3) is 0.412. The molecule has 1 saturated heterocycles. The molecule has 236 valence electrons. The molecule has 44 heavy (non-hydrogen) atoms. The lowest BCUT2D eigenvalue weighted by Crippen LogP contribution is -2.53. The molecule has 0 unspecified atom stereocenters. The fourth-order valence-electron chi connectivity index (χ4n) is 5.38. The van der Waals surface area contributed by atoms with Crippen LogP contribution in [0.3, 0.4) is 0 Å². The molecule has 2 aromatic carbocycles. The van der Waals surface area contributed by atoms with E-state index in [1.54, 1.807) is 26.6 Å². The van der Waals surface area contributed by atoms with Crippen LogP contribution in [0.5, 0.6) is 5.75 Å². The number of hydrogen-bond acceptors (Lipinski definition) is 6. The summed E-state index contributed by atoms with van der Waals surface area (Å²) in [6.07, 6.45) is 3.40. The van der Waals surface area contributed by atoms with Crippen LogP contribution < -0.4 is 15.3 Å². The molecule has 1 aliphatic heterocycles. The minimum atomic E-state index is -0.174. The average Bonchev–Trinajstić information content (AvgIpc) is 3.33. The van der Waals surface area contributed by atoms with Gasteiger partial charge in [-0.25, -0.2) is 9.78 Å². The second-order valence-electron chi connectivity index (χ2n) is 11.6. The van der Waals surface area contributed by atoms with E-state index >= 15 is 0 Å². The van der Waals surface area contributed by atoms with Crippen molar-refractivity contribution in [2.24, 2.45) is 7.05 Å². The monoisotopic (exact) mass is 639 g/mol. The number of methoxy groups -OCH3 is 1. The summed E-state index contributed by atoms with van der Waals surface area (Å²) >= 11 is 13.4. The quantitative estimate of drug-likeness (QED) is 0.196. The summed E-state index contributed by atoms with van der Waals surface area (Å²) in [6, 6.07) is 13.6. The smallest absolute Gasteiger partial charge is 0.332 e. The molecular formula is C34H43Cl2N5O3. The predicted octanol–water partition coefficient (Wildman–Crippen LogP) is 7.45. The summed E-state index contributed by atoms with van der Waals surface area (Å²) in [5.74, 6) is 0.564. The third kappa shape index (κ3) is 7.32. The van der Waals surface area contributed by atoms with Gasteiger partial charge >= 0.3 is 5.69 Å². The van der Waals surface area contributed by atoms with Gasteiger partial charge in [-0.1, -0.05) is 43.1 Å². The van der Waals surface area contributed by atoms with Gasteiger partial charge in [0.1, 0.15) is 5.69 Å². The van der Waals surface area contributed by atoms with Gasteiger partial charge in [0.2, 0.25) is 0 Å². The highest BCUT2D eigenvalue weighted by Gasteiger charge is 2.27. The second-order valence-corrected chi connectivity index (χ2v) is 12.5. The summed E-state index contributed by atoms with van der Waals surface area (Å²) in [4.78, 5) is 22.3. The van der Waals surface area contributed by atoms with E-state index in [-0.39, 0.29) is 18.0 Å². The van der Waals surface area contributed by atoms with Crippen LogP contribution in [0.1, 0.15) is 40.3 Å². The van der Waals surface area contributed by atoms with E-state index in [4.69, 9.17) is 37.7 Å². The minimum absolute atomic E-state index is 0.0398. The summed E-state index contributed by atoms with van der Waals surface area (Å²) in [6.45, 7) is 16.5. The highest BCUT2D eigenvalue weighted by atomic mass is 35.5. The summed E-state index contributed by atoms with van der Waals surface area (Å²) in [5, 5.41) is 1.07. The molecule has 2 aromatic heterocycles. The molecule has 0 atom stereocenters. The number of aryl methyl sites for hydroxylation is 2. The summed E-state index contributed by atoms with van der Waals surface area (Å²) in [5.41, 5.74) is 5.58. The van der Waals surface area contributed by atoms with Gasteiger partial charge in [0, 0.05) is 85.8 Å². The first-order valence-corrected chi connectivity index (χ1v) is 15.7. The normalized spacial score (nSPS) is 13.9. The van der Waals surface area contributed by atoms with E-state index < -0.39 is 0 Å². The molecule has 0 radical (unpaired) electrons. The van der Waals surface area contributed by atoms with E-state index in [0.29, 0.717) is 27.2 Å². The standard InChI is InChI=1S/C32H37Cl2N5O3.C2H6/c1-21-15-26(22-7-8-28(27(34)18-22)39-14-9-36(5)31(39)40)30(42-20-41-6)29(35-21)23-16-24(33)19-25(17-23)37-10-12-38(13-11-37)32(2,3)4;1-2/h7-9,14-19H,10-13,20H2,1-6H3;1-2H3. The fourth-order valence-corrected chi connectivity index (χ4v) is 5.88. The van der Waals surface area contributed by atoms with E-state index in [1.165, 1.54) is 9.13 Å². The zero-order chi connectivity index (χ0) is 32.2. The summed E-state index contributed by atoms with van der Waals surface area (Å²) < 4.78 is 14.5. The molecule has 0 bridgehead atoms. The first-order valence-electron chi connectivity index (χ1n) is 14.9. The summed E-state index contributed by atoms with van der Waals surface area (Å²) in [7, 11) is 3.29. The largest absolute Gasteiger partial charge is 0.465 e. The van der Waals surface area contributed by atoms with Gasteiger partial charge in [0.05, 0.1) is 10.7 Å². The molecule has 5 rings (SSSR count). The predicted molar refractivity (Wildman–Crippen MR) is 182 cm³/mol. The SMILES string of the molecule is CC.COCOc1c(-c2ccc(-n3ccn(C)c3=O)c(Cl)c2)cc(C)nc1-c1cc(Cl)cc(N2CCN(C(C)(C)C)CC2)c1. The molecule has 0 aliphatic carbocycles. The van der Waals surface area contributed by atoms with Crippen LogP contribution in [0.4, 0.5) is 5.69 Å². The van der Waals surface area contributed by atoms with Gasteiger partial charge < -0.3 is 18.9 Å². The Morgan fingerprint density at radius 2 is 1.64 bits per heavy atom. The second kappa shape index (κ2) is 14.2. The lowest BCUT2D eigenvalue weighted by molar-refractivity contribution is 0.0517. The number of benzene rings is 2. The van der Waals surface area contributed by atoms with Crippen LogP contribution >= 0.6 is 23.2 Å². The number of nitrogens with zero attached hydrogens (tertiary/aromatic N) is 5. The van der Waals surface area contributed by atoms with Crippen molar-refractivity contribution in [3.8, 4) is 33.8 Å². The molecule has 0 amide bonds. The van der Waals surface area contributed by atoms with Crippen LogP contribution in [-0.2, 0) is 11.8 Å². The number of rotatable bonds is 7. The molecule has 3 heterocycles. The van der Waals surface area contributed by atoms with Gasteiger partial charge in [-0.15, -0.1) is 0 Å². The van der Waals surface area contributed by atoms with Crippen molar-refractivity contribution in [2.45, 2.75) is 47.1 Å². The van der Waals surface area contributed by atoms with Crippen LogP contribution in [0, 0.1) is 6.92 Å². The minimum Gasteiger partial charge on any atom is -0.465 e. The molecule has 4 aromatic rings. The number of pyridine rings is 1. The van der Waals surface area contributed by atoms with Crippen molar-refractivity contribution in [2.75, 3.05) is 45.0 Å². The van der Waals surface area contributed by atoms with Crippen LogP contribution in [0.15, 0.2) is 59.7 Å². The Kier molecular flexibility index (Phi) is 10.8. The number of halogens is 2. The lowest BCUT2D eigenvalue weighted by atomic mass is 9.99. The van der Waals surface area contributed by atoms with Gasteiger partial charge in [-0.3, -0.25) is 9.47 Å². The zero-order valence-corrected chi connectivity index (χ0v) is 28.5. The van der Waals surface area contributed by atoms with Gasteiger partial charge in [-0.05, 0) is 69.7 Å². The Labute approximate surface area is 270 Å². The van der Waals surface area contributed by atoms with Crippen LogP contribution in [0.2, 0.25) is 10.0 Å². The van der Waals surface area contributed by atoms with Crippen molar-refractivity contribution >= 4 is 28.9 Å². The Bertz CT molecular complexity index is 1650. The number of imidazole rings is 1. The van der Waals surface area contributed by atoms with E-state index in [2.05, 4.69) is 36.6 Å². The van der Waals surface area contributed by atoms with Gasteiger partial charge in [0.15, 0.2) is 12.5 Å². The maximum absolute atomic E-state index is 12.5. The Hall–Kier alpha value is -3.30. The maximum atomic E-state index is 12.5. The Balaban J connectivity index is 0.00000216. The number of aromatic nitrogens is 3.